The number of ether oxygens (including phenoxy) is 1. The number of morpholine rings is 1. The van der Waals surface area contributed by atoms with E-state index in [1.54, 1.807) is 0 Å². The summed E-state index contributed by atoms with van der Waals surface area (Å²) in [4.78, 5) is 6.54. The standard InChI is InChI=1S/C11H19N3O2/c1-3-13-5-4-12-11(13)14-6-9(2)16-10(7-14)8-15/h4-5,9-10,15H,3,6-8H2,1-2H3. The molecule has 2 heterocycles. The Morgan fingerprint density at radius 2 is 2.38 bits per heavy atom. The number of rotatable bonds is 3. The van der Waals surface area contributed by atoms with Crippen molar-refractivity contribution in [2.45, 2.75) is 32.6 Å². The van der Waals surface area contributed by atoms with E-state index in [4.69, 9.17) is 4.74 Å². The predicted molar refractivity (Wildman–Crippen MR) is 61.5 cm³/mol. The third-order valence-corrected chi connectivity index (χ3v) is 2.85. The number of anilines is 1. The molecule has 0 aromatic carbocycles. The van der Waals surface area contributed by atoms with E-state index < -0.39 is 0 Å². The van der Waals surface area contributed by atoms with Gasteiger partial charge in [0.2, 0.25) is 5.95 Å². The number of imidazole rings is 1. The van der Waals surface area contributed by atoms with Crippen LogP contribution < -0.4 is 4.90 Å². The second-order valence-corrected chi connectivity index (χ2v) is 4.17. The molecule has 1 aromatic rings. The molecule has 1 aromatic heterocycles. The van der Waals surface area contributed by atoms with E-state index in [1.807, 2.05) is 19.3 Å². The second kappa shape index (κ2) is 4.84. The zero-order valence-corrected chi connectivity index (χ0v) is 9.83. The van der Waals surface area contributed by atoms with E-state index in [9.17, 15) is 5.11 Å². The Labute approximate surface area is 95.7 Å². The summed E-state index contributed by atoms with van der Waals surface area (Å²) in [5.41, 5.74) is 0. The first-order valence-corrected chi connectivity index (χ1v) is 5.77. The number of aliphatic hydroxyl groups excluding tert-OH is 1. The maximum Gasteiger partial charge on any atom is 0.205 e. The van der Waals surface area contributed by atoms with Crippen LogP contribution in [0.2, 0.25) is 0 Å². The second-order valence-electron chi connectivity index (χ2n) is 4.17. The summed E-state index contributed by atoms with van der Waals surface area (Å²) in [7, 11) is 0. The maximum atomic E-state index is 9.17. The minimum atomic E-state index is -0.106. The Morgan fingerprint density at radius 3 is 3.06 bits per heavy atom. The monoisotopic (exact) mass is 225 g/mol. The number of hydrogen-bond acceptors (Lipinski definition) is 4. The van der Waals surface area contributed by atoms with Crippen LogP contribution in [0.1, 0.15) is 13.8 Å². The molecule has 0 bridgehead atoms. The van der Waals surface area contributed by atoms with Gasteiger partial charge in [0.05, 0.1) is 18.8 Å². The summed E-state index contributed by atoms with van der Waals surface area (Å²) >= 11 is 0. The van der Waals surface area contributed by atoms with E-state index in [1.165, 1.54) is 0 Å². The van der Waals surface area contributed by atoms with Gasteiger partial charge < -0.3 is 19.3 Å². The highest BCUT2D eigenvalue weighted by Gasteiger charge is 2.26. The molecule has 0 spiro atoms. The van der Waals surface area contributed by atoms with Crippen LogP contribution in [0.5, 0.6) is 0 Å². The van der Waals surface area contributed by atoms with Gasteiger partial charge in [0.1, 0.15) is 0 Å². The van der Waals surface area contributed by atoms with E-state index in [2.05, 4.69) is 21.4 Å². The van der Waals surface area contributed by atoms with Crippen LogP contribution in [-0.2, 0) is 11.3 Å². The molecule has 90 valence electrons. The van der Waals surface area contributed by atoms with Crippen molar-refractivity contribution in [2.24, 2.45) is 0 Å². The molecular weight excluding hydrogens is 206 g/mol. The zero-order chi connectivity index (χ0) is 11.5. The highest BCUT2D eigenvalue weighted by atomic mass is 16.5. The van der Waals surface area contributed by atoms with Crippen LogP contribution >= 0.6 is 0 Å². The first-order valence-electron chi connectivity index (χ1n) is 5.77. The van der Waals surface area contributed by atoms with Gasteiger partial charge in [-0.2, -0.15) is 0 Å². The van der Waals surface area contributed by atoms with Crippen LogP contribution in [0.25, 0.3) is 0 Å². The molecule has 5 nitrogen and oxygen atoms in total. The number of aryl methyl sites for hydroxylation is 1. The highest BCUT2D eigenvalue weighted by molar-refractivity contribution is 5.32. The molecule has 0 aliphatic carbocycles. The number of hydrogen-bond donors (Lipinski definition) is 1. The molecule has 1 fully saturated rings. The lowest BCUT2D eigenvalue weighted by Crippen LogP contribution is -2.49. The van der Waals surface area contributed by atoms with Crippen LogP contribution in [0.15, 0.2) is 12.4 Å². The predicted octanol–water partition coefficient (Wildman–Crippen LogP) is 0.489. The fraction of sp³-hybridized carbons (Fsp3) is 0.727. The van der Waals surface area contributed by atoms with Crippen LogP contribution in [-0.4, -0.2) is 46.6 Å². The van der Waals surface area contributed by atoms with Gasteiger partial charge in [0, 0.05) is 32.0 Å². The summed E-state index contributed by atoms with van der Waals surface area (Å²) in [6.45, 7) is 6.62. The largest absolute Gasteiger partial charge is 0.394 e. The minimum Gasteiger partial charge on any atom is -0.394 e. The van der Waals surface area contributed by atoms with Gasteiger partial charge in [0.15, 0.2) is 0 Å². The first-order chi connectivity index (χ1) is 7.74. The van der Waals surface area contributed by atoms with E-state index in [0.717, 1.165) is 19.0 Å². The number of nitrogens with zero attached hydrogens (tertiary/aromatic N) is 3. The Bertz CT molecular complexity index is 340. The van der Waals surface area contributed by atoms with Gasteiger partial charge >= 0.3 is 0 Å². The summed E-state index contributed by atoms with van der Waals surface area (Å²) < 4.78 is 7.71. The van der Waals surface area contributed by atoms with Gasteiger partial charge in [-0.3, -0.25) is 0 Å². The van der Waals surface area contributed by atoms with Crippen molar-refractivity contribution in [3.63, 3.8) is 0 Å². The molecule has 0 radical (unpaired) electrons. The lowest BCUT2D eigenvalue weighted by atomic mass is 10.2. The normalized spacial score (nSPS) is 26.1. The Balaban J connectivity index is 2.14. The van der Waals surface area contributed by atoms with Crippen molar-refractivity contribution in [3.05, 3.63) is 12.4 Å². The molecule has 1 aliphatic heterocycles. The lowest BCUT2D eigenvalue weighted by Gasteiger charge is -2.36. The summed E-state index contributed by atoms with van der Waals surface area (Å²) in [5.74, 6) is 0.969. The van der Waals surface area contributed by atoms with Crippen molar-refractivity contribution in [2.75, 3.05) is 24.6 Å². The number of aliphatic hydroxyl groups is 1. The van der Waals surface area contributed by atoms with E-state index in [-0.39, 0.29) is 18.8 Å². The van der Waals surface area contributed by atoms with Crippen LogP contribution in [0.4, 0.5) is 5.95 Å². The Hall–Kier alpha value is -1.07. The van der Waals surface area contributed by atoms with Gasteiger partial charge in [-0.05, 0) is 13.8 Å². The smallest absolute Gasteiger partial charge is 0.205 e. The third-order valence-electron chi connectivity index (χ3n) is 2.85. The molecule has 2 unspecified atom stereocenters. The topological polar surface area (TPSA) is 50.5 Å². The summed E-state index contributed by atoms with van der Waals surface area (Å²) in [5, 5.41) is 9.17. The minimum absolute atomic E-state index is 0.0632. The molecular formula is C11H19N3O2. The highest BCUT2D eigenvalue weighted by Crippen LogP contribution is 2.18. The van der Waals surface area contributed by atoms with Crippen molar-refractivity contribution < 1.29 is 9.84 Å². The molecule has 1 aliphatic rings. The summed E-state index contributed by atoms with van der Waals surface area (Å²) in [6, 6.07) is 0. The summed E-state index contributed by atoms with van der Waals surface area (Å²) in [6.07, 6.45) is 3.81. The van der Waals surface area contributed by atoms with E-state index in [0.29, 0.717) is 6.54 Å². The fourth-order valence-electron chi connectivity index (χ4n) is 2.14. The average molecular weight is 225 g/mol. The first kappa shape index (κ1) is 11.4. The van der Waals surface area contributed by atoms with Crippen molar-refractivity contribution >= 4 is 5.95 Å². The van der Waals surface area contributed by atoms with Crippen molar-refractivity contribution in [1.82, 2.24) is 9.55 Å². The Kier molecular flexibility index (Phi) is 3.46. The zero-order valence-electron chi connectivity index (χ0n) is 9.83. The van der Waals surface area contributed by atoms with Crippen molar-refractivity contribution in [1.29, 1.82) is 0 Å². The van der Waals surface area contributed by atoms with Crippen molar-refractivity contribution in [3.8, 4) is 0 Å². The Morgan fingerprint density at radius 1 is 1.56 bits per heavy atom. The molecule has 5 heteroatoms. The van der Waals surface area contributed by atoms with Crippen LogP contribution in [0, 0.1) is 0 Å². The number of aromatic nitrogens is 2. The van der Waals surface area contributed by atoms with Crippen LogP contribution in [0.3, 0.4) is 0 Å². The fourth-order valence-corrected chi connectivity index (χ4v) is 2.14. The molecule has 1 saturated heterocycles. The lowest BCUT2D eigenvalue weighted by molar-refractivity contribution is -0.0426. The molecule has 0 saturated carbocycles. The van der Waals surface area contributed by atoms with Gasteiger partial charge in [-0.1, -0.05) is 0 Å². The van der Waals surface area contributed by atoms with E-state index >= 15 is 0 Å². The quantitative estimate of drug-likeness (QED) is 0.813. The van der Waals surface area contributed by atoms with Gasteiger partial charge in [-0.15, -0.1) is 0 Å². The van der Waals surface area contributed by atoms with Gasteiger partial charge in [-0.25, -0.2) is 4.98 Å². The maximum absolute atomic E-state index is 9.17. The average Bonchev–Trinajstić information content (AvgIpc) is 2.76. The molecule has 2 atom stereocenters. The molecule has 2 rings (SSSR count). The third kappa shape index (κ3) is 2.20. The molecule has 16 heavy (non-hydrogen) atoms. The van der Waals surface area contributed by atoms with Gasteiger partial charge in [0.25, 0.3) is 0 Å². The SMILES string of the molecule is CCn1ccnc1N1CC(C)OC(CO)C1. The molecule has 1 N–H and O–H groups in total. The molecule has 0 amide bonds.